The van der Waals surface area contributed by atoms with Crippen molar-refractivity contribution in [2.45, 2.75) is 13.5 Å². The van der Waals surface area contributed by atoms with E-state index in [1.807, 2.05) is 0 Å². The number of nitrogens with zero attached hydrogens (tertiary/aromatic N) is 1. The molecule has 0 unspecified atom stereocenters. The van der Waals surface area contributed by atoms with Gasteiger partial charge in [0.25, 0.3) is 0 Å². The van der Waals surface area contributed by atoms with E-state index in [1.165, 1.54) is 13.2 Å². The minimum Gasteiger partial charge on any atom is -0.480 e. The number of hydrogen-bond donors (Lipinski definition) is 1. The zero-order valence-electron chi connectivity index (χ0n) is 8.79. The molecule has 90 valence electrons. The van der Waals surface area contributed by atoms with Gasteiger partial charge in [-0.15, -0.1) is 0 Å². The largest absolute Gasteiger partial charge is 0.480 e. The molecule has 1 aromatic rings. The number of furan rings is 1. The van der Waals surface area contributed by atoms with E-state index in [0.29, 0.717) is 5.76 Å². The second kappa shape index (κ2) is 5.13. The fourth-order valence-corrected chi connectivity index (χ4v) is 2.16. The van der Waals surface area contributed by atoms with Gasteiger partial charge < -0.3 is 9.52 Å². The topological polar surface area (TPSA) is 87.8 Å². The van der Waals surface area contributed by atoms with Crippen molar-refractivity contribution in [1.82, 2.24) is 4.31 Å². The number of hydrogen-bond acceptors (Lipinski definition) is 4. The summed E-state index contributed by atoms with van der Waals surface area (Å²) < 4.78 is 29.0. The molecule has 6 nitrogen and oxygen atoms in total. The van der Waals surface area contributed by atoms with Crippen LogP contribution in [0.2, 0.25) is 0 Å². The highest BCUT2D eigenvalue weighted by Gasteiger charge is 2.23. The fraction of sp³-hybridized carbons (Fsp3) is 0.444. The van der Waals surface area contributed by atoms with Gasteiger partial charge >= 0.3 is 5.97 Å². The molecule has 0 radical (unpaired) electrons. The summed E-state index contributed by atoms with van der Waals surface area (Å²) in [5.74, 6) is -0.914. The fourth-order valence-electron chi connectivity index (χ4n) is 1.16. The second-order valence-electron chi connectivity index (χ2n) is 3.14. The summed E-state index contributed by atoms with van der Waals surface area (Å²) in [7, 11) is -3.54. The molecule has 1 heterocycles. The van der Waals surface area contributed by atoms with E-state index in [2.05, 4.69) is 0 Å². The summed E-state index contributed by atoms with van der Waals surface area (Å²) in [4.78, 5) is 10.6. The molecule has 0 saturated carbocycles. The highest BCUT2D eigenvalue weighted by atomic mass is 32.2. The third-order valence-corrected chi connectivity index (χ3v) is 3.76. The average molecular weight is 247 g/mol. The van der Waals surface area contributed by atoms with Crippen LogP contribution in [-0.2, 0) is 21.4 Å². The van der Waals surface area contributed by atoms with Crippen LogP contribution in [0.15, 0.2) is 22.8 Å². The Bertz CT molecular complexity index is 436. The Labute approximate surface area is 93.5 Å². The maximum atomic E-state index is 11.6. The number of rotatable bonds is 6. The monoisotopic (exact) mass is 247 g/mol. The molecule has 0 saturated heterocycles. The lowest BCUT2D eigenvalue weighted by molar-refractivity contribution is -0.137. The highest BCUT2D eigenvalue weighted by molar-refractivity contribution is 7.89. The SMILES string of the molecule is CCS(=O)(=O)N(CC(=O)O)Cc1ccco1. The van der Waals surface area contributed by atoms with Crippen molar-refractivity contribution < 1.29 is 22.7 Å². The first-order chi connectivity index (χ1) is 7.45. The molecule has 7 heteroatoms. The van der Waals surface area contributed by atoms with Gasteiger partial charge in [-0.3, -0.25) is 4.79 Å². The Morgan fingerprint density at radius 2 is 2.25 bits per heavy atom. The van der Waals surface area contributed by atoms with Crippen molar-refractivity contribution >= 4 is 16.0 Å². The summed E-state index contributed by atoms with van der Waals surface area (Å²) in [5, 5.41) is 8.63. The van der Waals surface area contributed by atoms with Crippen molar-refractivity contribution in [2.75, 3.05) is 12.3 Å². The van der Waals surface area contributed by atoms with Gasteiger partial charge in [0.15, 0.2) is 0 Å². The normalized spacial score (nSPS) is 11.9. The van der Waals surface area contributed by atoms with Gasteiger partial charge in [0.2, 0.25) is 10.0 Å². The maximum Gasteiger partial charge on any atom is 0.318 e. The number of carbonyl (C=O) groups is 1. The average Bonchev–Trinajstić information content (AvgIpc) is 2.69. The van der Waals surface area contributed by atoms with E-state index in [0.717, 1.165) is 4.31 Å². The van der Waals surface area contributed by atoms with Gasteiger partial charge in [-0.05, 0) is 19.1 Å². The Hall–Kier alpha value is -1.34. The molecule has 0 aliphatic carbocycles. The van der Waals surface area contributed by atoms with Gasteiger partial charge in [-0.1, -0.05) is 0 Å². The Kier molecular flexibility index (Phi) is 4.08. The van der Waals surface area contributed by atoms with Crippen LogP contribution in [0.25, 0.3) is 0 Å². The van der Waals surface area contributed by atoms with Gasteiger partial charge in [0.1, 0.15) is 12.3 Å². The van der Waals surface area contributed by atoms with E-state index in [-0.39, 0.29) is 12.3 Å². The summed E-state index contributed by atoms with van der Waals surface area (Å²) in [5.41, 5.74) is 0. The first-order valence-corrected chi connectivity index (χ1v) is 6.28. The number of aliphatic carboxylic acids is 1. The lowest BCUT2D eigenvalue weighted by Crippen LogP contribution is -2.36. The first kappa shape index (κ1) is 12.7. The molecule has 0 amide bonds. The van der Waals surface area contributed by atoms with Crippen LogP contribution < -0.4 is 0 Å². The zero-order chi connectivity index (χ0) is 12.2. The summed E-state index contributed by atoms with van der Waals surface area (Å²) in [6, 6.07) is 3.22. The lowest BCUT2D eigenvalue weighted by atomic mass is 10.4. The van der Waals surface area contributed by atoms with Crippen LogP contribution >= 0.6 is 0 Å². The molecule has 0 atom stereocenters. The van der Waals surface area contributed by atoms with Crippen LogP contribution in [0.5, 0.6) is 0 Å². The zero-order valence-corrected chi connectivity index (χ0v) is 9.61. The van der Waals surface area contributed by atoms with Crippen molar-refractivity contribution in [2.24, 2.45) is 0 Å². The van der Waals surface area contributed by atoms with Crippen LogP contribution in [0.4, 0.5) is 0 Å². The maximum absolute atomic E-state index is 11.6. The molecule has 0 aliphatic heterocycles. The van der Waals surface area contributed by atoms with E-state index in [9.17, 15) is 13.2 Å². The van der Waals surface area contributed by atoms with Gasteiger partial charge in [0, 0.05) is 0 Å². The van der Waals surface area contributed by atoms with Gasteiger partial charge in [0.05, 0.1) is 18.6 Å². The number of sulfonamides is 1. The molecule has 0 aliphatic rings. The molecule has 0 bridgehead atoms. The van der Waals surface area contributed by atoms with E-state index in [4.69, 9.17) is 9.52 Å². The Morgan fingerprint density at radius 1 is 1.56 bits per heavy atom. The first-order valence-electron chi connectivity index (χ1n) is 4.67. The third-order valence-electron chi connectivity index (χ3n) is 1.98. The lowest BCUT2D eigenvalue weighted by Gasteiger charge is -2.17. The van der Waals surface area contributed by atoms with Crippen molar-refractivity contribution in [1.29, 1.82) is 0 Å². The van der Waals surface area contributed by atoms with Crippen LogP contribution in [0, 0.1) is 0 Å². The number of carboxylic acid groups (broad SMARTS) is 1. The summed E-state index contributed by atoms with van der Waals surface area (Å²) in [6.45, 7) is 0.846. The van der Waals surface area contributed by atoms with Crippen molar-refractivity contribution in [3.63, 3.8) is 0 Å². The van der Waals surface area contributed by atoms with E-state index in [1.54, 1.807) is 12.1 Å². The van der Waals surface area contributed by atoms with Crippen molar-refractivity contribution in [3.8, 4) is 0 Å². The van der Waals surface area contributed by atoms with Crippen LogP contribution in [-0.4, -0.2) is 36.1 Å². The molecule has 0 fully saturated rings. The Balaban J connectivity index is 2.84. The Morgan fingerprint density at radius 3 is 2.69 bits per heavy atom. The molecule has 16 heavy (non-hydrogen) atoms. The van der Waals surface area contributed by atoms with E-state index >= 15 is 0 Å². The summed E-state index contributed by atoms with van der Waals surface area (Å²) in [6.07, 6.45) is 1.41. The molecule has 1 aromatic heterocycles. The minimum absolute atomic E-state index is 0.0600. The van der Waals surface area contributed by atoms with Crippen molar-refractivity contribution in [3.05, 3.63) is 24.2 Å². The highest BCUT2D eigenvalue weighted by Crippen LogP contribution is 2.10. The predicted molar refractivity (Wildman–Crippen MR) is 56.2 cm³/mol. The van der Waals surface area contributed by atoms with E-state index < -0.39 is 22.5 Å². The molecular weight excluding hydrogens is 234 g/mol. The molecule has 1 rings (SSSR count). The predicted octanol–water partition coefficient (Wildman–Crippen LogP) is 0.516. The van der Waals surface area contributed by atoms with Gasteiger partial charge in [-0.2, -0.15) is 4.31 Å². The standard InChI is InChI=1S/C9H13NO5S/c1-2-16(13,14)10(7-9(11)12)6-8-4-3-5-15-8/h3-5H,2,6-7H2,1H3,(H,11,12). The van der Waals surface area contributed by atoms with Crippen LogP contribution in [0.3, 0.4) is 0 Å². The smallest absolute Gasteiger partial charge is 0.318 e. The molecular formula is C9H13NO5S. The molecule has 0 spiro atoms. The summed E-state index contributed by atoms with van der Waals surface area (Å²) >= 11 is 0. The second-order valence-corrected chi connectivity index (χ2v) is 5.40. The third kappa shape index (κ3) is 3.35. The molecule has 1 N–H and O–H groups in total. The van der Waals surface area contributed by atoms with Crippen LogP contribution in [0.1, 0.15) is 12.7 Å². The van der Waals surface area contributed by atoms with Gasteiger partial charge in [-0.25, -0.2) is 8.42 Å². The molecule has 0 aromatic carbocycles. The quantitative estimate of drug-likeness (QED) is 0.791. The minimum atomic E-state index is -3.54. The number of carboxylic acids is 1.